The van der Waals surface area contributed by atoms with Crippen molar-refractivity contribution in [1.29, 1.82) is 0 Å². The molecule has 172 valence electrons. The van der Waals surface area contributed by atoms with Gasteiger partial charge in [-0.25, -0.2) is 19.3 Å². The number of hydrogen-bond donors (Lipinski definition) is 0. The summed E-state index contributed by atoms with van der Waals surface area (Å²) in [6, 6.07) is 2.87. The molecule has 1 spiro atoms. The number of imide groups is 4. The lowest BCUT2D eigenvalue weighted by Crippen LogP contribution is -2.54. The number of non-ortho nitro benzene ring substituents is 1. The Bertz CT molecular complexity index is 1040. The summed E-state index contributed by atoms with van der Waals surface area (Å²) in [5.74, 6) is -0.943. The number of urea groups is 1. The third-order valence-electron chi connectivity index (χ3n) is 4.93. The number of fused-ring (bicyclic) bond motifs is 1. The van der Waals surface area contributed by atoms with E-state index >= 15 is 0 Å². The highest BCUT2D eigenvalue weighted by Gasteiger charge is 2.65. The van der Waals surface area contributed by atoms with Crippen LogP contribution in [0.2, 0.25) is 0 Å². The minimum absolute atomic E-state index is 0.108. The van der Waals surface area contributed by atoms with Crippen LogP contribution in [0.4, 0.5) is 20.1 Å². The molecule has 5 amide bonds. The van der Waals surface area contributed by atoms with E-state index in [1.165, 1.54) is 18.2 Å². The minimum atomic E-state index is -1.78. The molecule has 0 N–H and O–H groups in total. The van der Waals surface area contributed by atoms with Crippen molar-refractivity contribution in [3.05, 3.63) is 39.4 Å². The summed E-state index contributed by atoms with van der Waals surface area (Å²) >= 11 is 0. The maximum Gasteiger partial charge on any atom is 0.425 e. The number of nitrogens with zero attached hydrogens (tertiary/aromatic N) is 3. The number of ether oxygens (including phenoxy) is 2. The van der Waals surface area contributed by atoms with Crippen LogP contribution in [0.25, 0.3) is 0 Å². The van der Waals surface area contributed by atoms with Gasteiger partial charge >= 0.3 is 18.2 Å². The number of amides is 5. The van der Waals surface area contributed by atoms with Gasteiger partial charge in [-0.1, -0.05) is 6.07 Å². The van der Waals surface area contributed by atoms with E-state index in [2.05, 4.69) is 0 Å². The maximum atomic E-state index is 13.5. The highest BCUT2D eigenvalue weighted by atomic mass is 16.6. The molecule has 0 radical (unpaired) electrons. The normalized spacial score (nSPS) is 20.6. The van der Waals surface area contributed by atoms with Gasteiger partial charge in [-0.3, -0.25) is 14.9 Å². The summed E-state index contributed by atoms with van der Waals surface area (Å²) in [7, 11) is 0. The average molecular weight is 447 g/mol. The number of nitro groups is 1. The molecule has 1 fully saturated rings. The van der Waals surface area contributed by atoms with E-state index in [-0.39, 0.29) is 18.5 Å². The number of hydrogen-bond acceptors (Lipinski definition) is 8. The first-order chi connectivity index (χ1) is 14.6. The van der Waals surface area contributed by atoms with Crippen molar-refractivity contribution in [3.8, 4) is 0 Å². The molecular weight excluding hydrogens is 422 g/mol. The lowest BCUT2D eigenvalue weighted by molar-refractivity contribution is -0.384. The van der Waals surface area contributed by atoms with Crippen molar-refractivity contribution in [3.63, 3.8) is 0 Å². The van der Waals surface area contributed by atoms with Gasteiger partial charge in [0.2, 0.25) is 0 Å². The van der Waals surface area contributed by atoms with Crippen LogP contribution in [-0.2, 0) is 27.1 Å². The Morgan fingerprint density at radius 3 is 2.03 bits per heavy atom. The molecule has 2 aliphatic rings. The Labute approximate surface area is 184 Å². The van der Waals surface area contributed by atoms with Crippen molar-refractivity contribution in [2.24, 2.45) is 0 Å². The number of benzene rings is 1. The first-order valence-electron chi connectivity index (χ1n) is 9.97. The van der Waals surface area contributed by atoms with Gasteiger partial charge in [0, 0.05) is 25.0 Å². The summed E-state index contributed by atoms with van der Waals surface area (Å²) in [6.07, 6.45) is -2.60. The summed E-state index contributed by atoms with van der Waals surface area (Å²) in [5, 5.41) is 11.2. The zero-order valence-electron chi connectivity index (χ0n) is 18.8. The fraction of sp³-hybridized carbons (Fsp3) is 0.524. The Kier molecular flexibility index (Phi) is 5.27. The van der Waals surface area contributed by atoms with Crippen LogP contribution in [0.15, 0.2) is 18.2 Å². The van der Waals surface area contributed by atoms with Gasteiger partial charge in [0.25, 0.3) is 11.6 Å². The van der Waals surface area contributed by atoms with Crippen LogP contribution >= 0.6 is 0 Å². The standard InChI is InChI=1S/C21H25N3O8/c1-19(2,3)31-17(27)22-15(25)21(23(16(22)26)18(28)32-20(4,5)6)10-12-7-8-14(24(29)30)9-13(12)11-21/h7-9H,10-11H2,1-6H3. The molecule has 11 heteroatoms. The van der Waals surface area contributed by atoms with E-state index in [9.17, 15) is 29.3 Å². The van der Waals surface area contributed by atoms with Gasteiger partial charge in [-0.2, -0.15) is 4.90 Å². The summed E-state index contributed by atoms with van der Waals surface area (Å²) < 4.78 is 10.5. The second-order valence-electron chi connectivity index (χ2n) is 9.81. The Morgan fingerprint density at radius 2 is 1.50 bits per heavy atom. The van der Waals surface area contributed by atoms with Crippen LogP contribution in [0.5, 0.6) is 0 Å². The molecule has 1 heterocycles. The topological polar surface area (TPSA) is 136 Å². The summed E-state index contributed by atoms with van der Waals surface area (Å²) in [4.78, 5) is 63.8. The van der Waals surface area contributed by atoms with Gasteiger partial charge < -0.3 is 9.47 Å². The summed E-state index contributed by atoms with van der Waals surface area (Å²) in [5.41, 5.74) is -2.97. The third kappa shape index (κ3) is 4.02. The highest BCUT2D eigenvalue weighted by molar-refractivity contribution is 6.21. The zero-order chi connectivity index (χ0) is 24.2. The van der Waals surface area contributed by atoms with Crippen molar-refractivity contribution in [1.82, 2.24) is 9.80 Å². The first kappa shape index (κ1) is 23.2. The van der Waals surface area contributed by atoms with E-state index in [4.69, 9.17) is 9.47 Å². The van der Waals surface area contributed by atoms with Crippen LogP contribution in [0.1, 0.15) is 52.7 Å². The predicted molar refractivity (Wildman–Crippen MR) is 110 cm³/mol. The highest BCUT2D eigenvalue weighted by Crippen LogP contribution is 2.43. The number of rotatable bonds is 1. The van der Waals surface area contributed by atoms with E-state index in [1.54, 1.807) is 41.5 Å². The molecule has 0 bridgehead atoms. The van der Waals surface area contributed by atoms with Gasteiger partial charge in [-0.15, -0.1) is 0 Å². The Morgan fingerprint density at radius 1 is 0.969 bits per heavy atom. The number of nitro benzene ring substituents is 1. The van der Waals surface area contributed by atoms with Gasteiger partial charge in [0.15, 0.2) is 0 Å². The monoisotopic (exact) mass is 447 g/mol. The van der Waals surface area contributed by atoms with Crippen LogP contribution in [-0.4, -0.2) is 55.6 Å². The Balaban J connectivity index is 2.07. The molecule has 1 aromatic carbocycles. The lowest BCUT2D eigenvalue weighted by atomic mass is 9.94. The fourth-order valence-electron chi connectivity index (χ4n) is 3.77. The van der Waals surface area contributed by atoms with Crippen LogP contribution in [0.3, 0.4) is 0 Å². The van der Waals surface area contributed by atoms with Crippen molar-refractivity contribution in [2.75, 3.05) is 0 Å². The van der Waals surface area contributed by atoms with Gasteiger partial charge in [0.1, 0.15) is 16.7 Å². The van der Waals surface area contributed by atoms with E-state index in [1.807, 2.05) is 0 Å². The second kappa shape index (κ2) is 7.28. The maximum absolute atomic E-state index is 13.5. The van der Waals surface area contributed by atoms with Gasteiger partial charge in [0.05, 0.1) is 4.92 Å². The molecular formula is C21H25N3O8. The van der Waals surface area contributed by atoms with E-state index in [0.29, 0.717) is 20.9 Å². The molecule has 11 nitrogen and oxygen atoms in total. The SMILES string of the molecule is CC(C)(C)OC(=O)N1C(=O)N(C(=O)OC(C)(C)C)C2(Cc3ccc([N+](=O)[O-])cc3C2)C1=O. The molecule has 32 heavy (non-hydrogen) atoms. The van der Waals surface area contributed by atoms with Crippen molar-refractivity contribution < 1.29 is 33.6 Å². The predicted octanol–water partition coefficient (Wildman–Crippen LogP) is 3.57. The molecule has 3 rings (SSSR count). The van der Waals surface area contributed by atoms with E-state index in [0.717, 1.165) is 0 Å². The lowest BCUT2D eigenvalue weighted by Gasteiger charge is -2.31. The number of carbonyl (C=O) groups excluding carboxylic acids is 4. The second-order valence-corrected chi connectivity index (χ2v) is 9.81. The molecule has 1 unspecified atom stereocenters. The molecule has 0 saturated carbocycles. The summed E-state index contributed by atoms with van der Waals surface area (Å²) in [6.45, 7) is 9.50. The molecule has 1 saturated heterocycles. The smallest absolute Gasteiger partial charge is 0.425 e. The zero-order valence-corrected chi connectivity index (χ0v) is 18.8. The Hall–Kier alpha value is -3.50. The van der Waals surface area contributed by atoms with Crippen LogP contribution in [0, 0.1) is 10.1 Å². The van der Waals surface area contributed by atoms with Gasteiger partial charge in [-0.05, 0) is 52.7 Å². The van der Waals surface area contributed by atoms with Crippen molar-refractivity contribution >= 4 is 29.8 Å². The minimum Gasteiger partial charge on any atom is -0.443 e. The average Bonchev–Trinajstić information content (AvgIpc) is 3.06. The van der Waals surface area contributed by atoms with Crippen LogP contribution < -0.4 is 0 Å². The van der Waals surface area contributed by atoms with E-state index < -0.39 is 45.8 Å². The number of carbonyl (C=O) groups is 4. The largest absolute Gasteiger partial charge is 0.443 e. The van der Waals surface area contributed by atoms with Crippen molar-refractivity contribution in [2.45, 2.75) is 71.1 Å². The fourth-order valence-corrected chi connectivity index (χ4v) is 3.77. The molecule has 1 aromatic rings. The quantitative estimate of drug-likeness (QED) is 0.362. The molecule has 0 aromatic heterocycles. The first-order valence-corrected chi connectivity index (χ1v) is 9.97. The molecule has 1 aliphatic heterocycles. The third-order valence-corrected chi connectivity index (χ3v) is 4.93. The molecule has 1 aliphatic carbocycles. The molecule has 1 atom stereocenters.